The first-order chi connectivity index (χ1) is 13.8. The number of benzene rings is 2. The van der Waals surface area contributed by atoms with Crippen molar-refractivity contribution >= 4 is 41.0 Å². The van der Waals surface area contributed by atoms with Crippen LogP contribution in [-0.2, 0) is 0 Å². The number of hydrogen-bond donors (Lipinski definition) is 1. The molecule has 29 heavy (non-hydrogen) atoms. The van der Waals surface area contributed by atoms with Crippen LogP contribution in [0.2, 0.25) is 10.0 Å². The number of carbonyl (C=O) groups is 1. The van der Waals surface area contributed by atoms with Crippen LogP contribution >= 0.6 is 23.2 Å². The number of aromatic nitrogens is 1. The molecule has 7 nitrogen and oxygen atoms in total. The van der Waals surface area contributed by atoms with Crippen LogP contribution < -0.4 is 5.43 Å². The molecule has 1 amide bonds. The minimum Gasteiger partial charge on any atom is -0.318 e. The monoisotopic (exact) mass is 430 g/mol. The summed E-state index contributed by atoms with van der Waals surface area (Å²) >= 11 is 12.2. The number of hydrazone groups is 1. The molecule has 0 atom stereocenters. The van der Waals surface area contributed by atoms with E-state index in [-0.39, 0.29) is 11.3 Å². The lowest BCUT2D eigenvalue weighted by Crippen LogP contribution is -2.17. The highest BCUT2D eigenvalue weighted by atomic mass is 35.5. The van der Waals surface area contributed by atoms with Gasteiger partial charge >= 0.3 is 0 Å². The average Bonchev–Trinajstić information content (AvgIpc) is 2.94. The fourth-order valence-electron chi connectivity index (χ4n) is 2.97. The Hall–Kier alpha value is -3.16. The predicted octanol–water partition coefficient (Wildman–Crippen LogP) is 5.07. The maximum Gasteiger partial charge on any atom is 0.271 e. The third kappa shape index (κ3) is 4.64. The van der Waals surface area contributed by atoms with Gasteiger partial charge in [0.15, 0.2) is 0 Å². The van der Waals surface area contributed by atoms with E-state index >= 15 is 0 Å². The molecule has 0 bridgehead atoms. The fourth-order valence-corrected chi connectivity index (χ4v) is 3.48. The van der Waals surface area contributed by atoms with Crippen molar-refractivity contribution in [1.29, 1.82) is 0 Å². The number of amides is 1. The highest BCUT2D eigenvalue weighted by Gasteiger charge is 2.12. The van der Waals surface area contributed by atoms with E-state index in [0.717, 1.165) is 22.6 Å². The van der Waals surface area contributed by atoms with Crippen molar-refractivity contribution in [2.45, 2.75) is 13.8 Å². The van der Waals surface area contributed by atoms with Gasteiger partial charge in [0.2, 0.25) is 0 Å². The van der Waals surface area contributed by atoms with Gasteiger partial charge in [0.25, 0.3) is 11.6 Å². The van der Waals surface area contributed by atoms with Gasteiger partial charge in [0, 0.05) is 50.4 Å². The first-order valence-electron chi connectivity index (χ1n) is 8.49. The van der Waals surface area contributed by atoms with Gasteiger partial charge in [0.1, 0.15) is 0 Å². The summed E-state index contributed by atoms with van der Waals surface area (Å²) in [5.41, 5.74) is 5.80. The largest absolute Gasteiger partial charge is 0.318 e. The van der Waals surface area contributed by atoms with Crippen molar-refractivity contribution in [3.8, 4) is 5.69 Å². The van der Waals surface area contributed by atoms with Crippen molar-refractivity contribution in [3.63, 3.8) is 0 Å². The van der Waals surface area contributed by atoms with Crippen molar-refractivity contribution < 1.29 is 9.72 Å². The van der Waals surface area contributed by atoms with Crippen LogP contribution in [0, 0.1) is 24.0 Å². The van der Waals surface area contributed by atoms with Crippen molar-refractivity contribution in [1.82, 2.24) is 9.99 Å². The third-order valence-corrected chi connectivity index (χ3v) is 4.70. The van der Waals surface area contributed by atoms with Gasteiger partial charge in [0.05, 0.1) is 11.1 Å². The highest BCUT2D eigenvalue weighted by Crippen LogP contribution is 2.26. The van der Waals surface area contributed by atoms with Gasteiger partial charge in [-0.25, -0.2) is 5.43 Å². The van der Waals surface area contributed by atoms with Gasteiger partial charge < -0.3 is 4.57 Å². The summed E-state index contributed by atoms with van der Waals surface area (Å²) in [6.07, 6.45) is 1.51. The number of halogens is 2. The molecule has 1 N–H and O–H groups in total. The van der Waals surface area contributed by atoms with Crippen molar-refractivity contribution in [2.75, 3.05) is 0 Å². The third-order valence-electron chi connectivity index (χ3n) is 4.26. The van der Waals surface area contributed by atoms with E-state index in [0.29, 0.717) is 10.0 Å². The molecule has 0 aliphatic heterocycles. The van der Waals surface area contributed by atoms with E-state index in [2.05, 4.69) is 10.5 Å². The van der Waals surface area contributed by atoms with E-state index < -0.39 is 10.8 Å². The summed E-state index contributed by atoms with van der Waals surface area (Å²) in [7, 11) is 0. The zero-order valence-electron chi connectivity index (χ0n) is 15.5. The molecule has 3 rings (SSSR count). The lowest BCUT2D eigenvalue weighted by Gasteiger charge is -2.10. The second-order valence-corrected chi connectivity index (χ2v) is 7.17. The summed E-state index contributed by atoms with van der Waals surface area (Å²) in [6, 6.07) is 12.6. The second-order valence-electron chi connectivity index (χ2n) is 6.30. The molecule has 0 unspecified atom stereocenters. The van der Waals surface area contributed by atoms with E-state index in [1.54, 1.807) is 18.2 Å². The molecule has 0 saturated heterocycles. The van der Waals surface area contributed by atoms with E-state index in [1.165, 1.54) is 30.5 Å². The Kier molecular flexibility index (Phi) is 6.00. The number of non-ortho nitro benzene ring substituents is 1. The minimum absolute atomic E-state index is 0.149. The van der Waals surface area contributed by atoms with Crippen LogP contribution in [-0.4, -0.2) is 21.6 Å². The molecule has 0 aliphatic carbocycles. The van der Waals surface area contributed by atoms with Crippen LogP contribution in [0.3, 0.4) is 0 Å². The minimum atomic E-state index is -0.559. The molecule has 0 radical (unpaired) electrons. The number of nitro groups is 1. The molecular weight excluding hydrogens is 415 g/mol. The molecule has 3 aromatic rings. The smallest absolute Gasteiger partial charge is 0.271 e. The van der Waals surface area contributed by atoms with Crippen LogP contribution in [0.1, 0.15) is 27.3 Å². The summed E-state index contributed by atoms with van der Waals surface area (Å²) in [5, 5.41) is 15.9. The van der Waals surface area contributed by atoms with E-state index in [4.69, 9.17) is 23.2 Å². The van der Waals surface area contributed by atoms with Crippen molar-refractivity contribution in [2.24, 2.45) is 5.10 Å². The summed E-state index contributed by atoms with van der Waals surface area (Å²) in [5.74, 6) is -0.541. The SMILES string of the molecule is Cc1cc(/C=N\NC(=O)c2cccc([N+](=O)[O-])c2)c(C)n1-c1cc(Cl)cc(Cl)c1. The van der Waals surface area contributed by atoms with E-state index in [1.807, 2.05) is 24.5 Å². The quantitative estimate of drug-likeness (QED) is 0.347. The Morgan fingerprint density at radius 2 is 1.83 bits per heavy atom. The lowest BCUT2D eigenvalue weighted by molar-refractivity contribution is -0.384. The van der Waals surface area contributed by atoms with Gasteiger partial charge in [-0.1, -0.05) is 29.3 Å². The standard InChI is InChI=1S/C20H16Cl2N4O3/c1-12-6-15(13(2)25(12)19-9-16(21)8-17(22)10-19)11-23-24-20(27)14-4-3-5-18(7-14)26(28)29/h3-11H,1-2H3,(H,24,27)/b23-11-. The number of nitrogens with zero attached hydrogens (tertiary/aromatic N) is 3. The second kappa shape index (κ2) is 8.46. The van der Waals surface area contributed by atoms with Crippen LogP contribution in [0.15, 0.2) is 53.6 Å². The number of rotatable bonds is 5. The van der Waals surface area contributed by atoms with E-state index in [9.17, 15) is 14.9 Å². The van der Waals surface area contributed by atoms with Gasteiger partial charge in [-0.2, -0.15) is 5.10 Å². The number of hydrogen-bond acceptors (Lipinski definition) is 4. The molecule has 0 saturated carbocycles. The van der Waals surface area contributed by atoms with Gasteiger partial charge in [-0.15, -0.1) is 0 Å². The number of nitrogens with one attached hydrogen (secondary N) is 1. The van der Waals surface area contributed by atoms with Crippen LogP contribution in [0.25, 0.3) is 5.69 Å². The molecule has 1 aromatic heterocycles. The Labute approximate surface area is 176 Å². The Bertz CT molecular complexity index is 1120. The maximum atomic E-state index is 12.2. The average molecular weight is 431 g/mol. The molecule has 0 spiro atoms. The zero-order valence-corrected chi connectivity index (χ0v) is 17.0. The molecule has 2 aromatic carbocycles. The lowest BCUT2D eigenvalue weighted by atomic mass is 10.2. The van der Waals surface area contributed by atoms with Crippen LogP contribution in [0.4, 0.5) is 5.69 Å². The predicted molar refractivity (Wildman–Crippen MR) is 113 cm³/mol. The fraction of sp³-hybridized carbons (Fsp3) is 0.100. The normalized spacial score (nSPS) is 11.0. The summed E-state index contributed by atoms with van der Waals surface area (Å²) in [4.78, 5) is 22.5. The molecule has 9 heteroatoms. The Morgan fingerprint density at radius 1 is 1.14 bits per heavy atom. The summed E-state index contributed by atoms with van der Waals surface area (Å²) < 4.78 is 1.97. The molecule has 0 fully saturated rings. The number of aryl methyl sites for hydroxylation is 1. The van der Waals surface area contributed by atoms with Gasteiger partial charge in [-0.05, 0) is 44.2 Å². The zero-order chi connectivity index (χ0) is 21.1. The topological polar surface area (TPSA) is 89.5 Å². The number of carbonyl (C=O) groups excluding carboxylic acids is 1. The van der Waals surface area contributed by atoms with Crippen LogP contribution in [0.5, 0.6) is 0 Å². The molecule has 0 aliphatic rings. The summed E-state index contributed by atoms with van der Waals surface area (Å²) in [6.45, 7) is 3.84. The number of nitro benzene ring substituents is 1. The first kappa shape index (κ1) is 20.6. The maximum absolute atomic E-state index is 12.2. The Morgan fingerprint density at radius 3 is 2.48 bits per heavy atom. The first-order valence-corrected chi connectivity index (χ1v) is 9.25. The van der Waals surface area contributed by atoms with Gasteiger partial charge in [-0.3, -0.25) is 14.9 Å². The molecule has 1 heterocycles. The van der Waals surface area contributed by atoms with Crippen molar-refractivity contribution in [3.05, 3.63) is 91.2 Å². The molecule has 148 valence electrons. The Balaban J connectivity index is 1.80. The molecular formula is C20H16Cl2N4O3. The highest BCUT2D eigenvalue weighted by molar-refractivity contribution is 6.34.